The van der Waals surface area contributed by atoms with E-state index in [2.05, 4.69) is 15.3 Å². The van der Waals surface area contributed by atoms with Crippen LogP contribution in [0.25, 0.3) is 33.7 Å². The zero-order valence-corrected chi connectivity index (χ0v) is 17.5. The molecule has 1 atom stereocenters. The number of anilines is 1. The van der Waals surface area contributed by atoms with E-state index in [1.54, 1.807) is 12.5 Å². The number of amides is 1. The molecule has 2 N–H and O–H groups in total. The van der Waals surface area contributed by atoms with Gasteiger partial charge in [-0.25, -0.2) is 4.98 Å². The summed E-state index contributed by atoms with van der Waals surface area (Å²) in [5.74, 6) is 1.18. The molecule has 7 heteroatoms. The predicted molar refractivity (Wildman–Crippen MR) is 122 cm³/mol. The summed E-state index contributed by atoms with van der Waals surface area (Å²) in [6.07, 6.45) is 3.21. The van der Waals surface area contributed by atoms with E-state index in [4.69, 9.17) is 8.83 Å². The molecule has 5 aromatic rings. The lowest BCUT2D eigenvalue weighted by Gasteiger charge is -2.12. The second kappa shape index (κ2) is 8.20. The molecule has 0 radical (unpaired) electrons. The molecular weight excluding hydrogens is 410 g/mol. The van der Waals surface area contributed by atoms with Crippen LogP contribution in [0.5, 0.6) is 0 Å². The molecule has 3 heterocycles. The highest BCUT2D eigenvalue weighted by molar-refractivity contribution is 8.00. The number of benzene rings is 2. The molecule has 0 saturated heterocycles. The van der Waals surface area contributed by atoms with Gasteiger partial charge in [-0.1, -0.05) is 48.2 Å². The number of aromatic amines is 1. The van der Waals surface area contributed by atoms with Gasteiger partial charge in [-0.2, -0.15) is 0 Å². The minimum Gasteiger partial charge on any atom is -0.463 e. The maximum absolute atomic E-state index is 12.9. The van der Waals surface area contributed by atoms with Gasteiger partial charge in [0.05, 0.1) is 17.8 Å². The maximum Gasteiger partial charge on any atom is 0.237 e. The molecule has 0 bridgehead atoms. The molecule has 154 valence electrons. The summed E-state index contributed by atoms with van der Waals surface area (Å²) in [6.45, 7) is 1.85. The smallest absolute Gasteiger partial charge is 0.237 e. The number of nitrogens with zero attached hydrogens (tertiary/aromatic N) is 1. The summed E-state index contributed by atoms with van der Waals surface area (Å²) in [4.78, 5) is 20.8. The molecule has 1 amide bonds. The Morgan fingerprint density at radius 1 is 0.968 bits per heavy atom. The van der Waals surface area contributed by atoms with Gasteiger partial charge in [0.15, 0.2) is 16.7 Å². The Labute approximate surface area is 182 Å². The van der Waals surface area contributed by atoms with Crippen molar-refractivity contribution < 1.29 is 13.6 Å². The van der Waals surface area contributed by atoms with Gasteiger partial charge in [-0.15, -0.1) is 0 Å². The molecule has 3 aromatic heterocycles. The van der Waals surface area contributed by atoms with E-state index in [9.17, 15) is 4.79 Å². The number of carbonyl (C=O) groups is 1. The number of carbonyl (C=O) groups excluding carboxylic acids is 1. The first-order valence-corrected chi connectivity index (χ1v) is 10.7. The number of aromatic nitrogens is 2. The molecular formula is C24H19N3O3S. The molecule has 0 aliphatic rings. The number of thioether (sulfide) groups is 1. The lowest BCUT2D eigenvalue weighted by atomic mass is 10.1. The normalized spacial score (nSPS) is 12.2. The average Bonchev–Trinajstić information content (AvgIpc) is 3.54. The largest absolute Gasteiger partial charge is 0.463 e. The Kier molecular flexibility index (Phi) is 5.09. The summed E-state index contributed by atoms with van der Waals surface area (Å²) in [6, 6.07) is 21.2. The van der Waals surface area contributed by atoms with Crippen molar-refractivity contribution in [2.24, 2.45) is 0 Å². The molecule has 0 aliphatic heterocycles. The third kappa shape index (κ3) is 3.87. The number of rotatable bonds is 6. The van der Waals surface area contributed by atoms with E-state index in [0.29, 0.717) is 28.1 Å². The Balaban J connectivity index is 1.38. The van der Waals surface area contributed by atoms with Crippen LogP contribution in [0.1, 0.15) is 6.92 Å². The van der Waals surface area contributed by atoms with E-state index in [0.717, 1.165) is 16.5 Å². The maximum atomic E-state index is 12.9. The van der Waals surface area contributed by atoms with E-state index < -0.39 is 0 Å². The first-order chi connectivity index (χ1) is 15.2. The molecule has 5 rings (SSSR count). The van der Waals surface area contributed by atoms with Gasteiger partial charge < -0.3 is 19.1 Å². The van der Waals surface area contributed by atoms with Gasteiger partial charge in [0.25, 0.3) is 0 Å². The lowest BCUT2D eigenvalue weighted by Crippen LogP contribution is -2.22. The van der Waals surface area contributed by atoms with Crippen LogP contribution in [0, 0.1) is 0 Å². The number of fused-ring (bicyclic) bond motifs is 1. The van der Waals surface area contributed by atoms with Crippen molar-refractivity contribution >= 4 is 34.1 Å². The van der Waals surface area contributed by atoms with Crippen molar-refractivity contribution in [3.8, 4) is 22.9 Å². The van der Waals surface area contributed by atoms with Crippen molar-refractivity contribution in [1.29, 1.82) is 0 Å². The van der Waals surface area contributed by atoms with Crippen LogP contribution in [0.3, 0.4) is 0 Å². The number of furan rings is 2. The van der Waals surface area contributed by atoms with E-state index in [1.165, 1.54) is 11.8 Å². The summed E-state index contributed by atoms with van der Waals surface area (Å²) in [7, 11) is 0. The van der Waals surface area contributed by atoms with E-state index >= 15 is 0 Å². The quantitative estimate of drug-likeness (QED) is 0.314. The topological polar surface area (TPSA) is 84.1 Å². The van der Waals surface area contributed by atoms with E-state index in [1.807, 2.05) is 73.7 Å². The van der Waals surface area contributed by atoms with Crippen LogP contribution in [0.2, 0.25) is 0 Å². The van der Waals surface area contributed by atoms with Gasteiger partial charge in [-0.3, -0.25) is 4.79 Å². The van der Waals surface area contributed by atoms with Crippen molar-refractivity contribution in [1.82, 2.24) is 9.97 Å². The first-order valence-electron chi connectivity index (χ1n) is 9.82. The number of nitrogens with one attached hydrogen (secondary N) is 2. The number of H-pyrrole nitrogens is 1. The Bertz CT molecular complexity index is 1270. The van der Waals surface area contributed by atoms with Gasteiger partial charge in [0, 0.05) is 11.1 Å². The second-order valence-corrected chi connectivity index (χ2v) is 8.33. The lowest BCUT2D eigenvalue weighted by molar-refractivity contribution is -0.115. The number of hydrogen-bond donors (Lipinski definition) is 2. The van der Waals surface area contributed by atoms with Gasteiger partial charge in [0.1, 0.15) is 11.4 Å². The second-order valence-electron chi connectivity index (χ2n) is 7.00. The standard InChI is InChI=1S/C24H19N3O3S/c1-15(23(28)25-18-10-4-8-16-7-2-3-9-17(16)18)31-24-26-21(19-11-5-13-29-19)22(27-24)20-12-6-14-30-20/h2-15H,1H3,(H,25,28)(H,26,27). The Hall–Kier alpha value is -3.71. The Morgan fingerprint density at radius 2 is 1.71 bits per heavy atom. The molecule has 1 unspecified atom stereocenters. The van der Waals surface area contributed by atoms with Crippen LogP contribution < -0.4 is 5.32 Å². The summed E-state index contributed by atoms with van der Waals surface area (Å²) < 4.78 is 11.1. The molecule has 6 nitrogen and oxygen atoms in total. The summed E-state index contributed by atoms with van der Waals surface area (Å²) in [5.41, 5.74) is 2.15. The fraction of sp³-hybridized carbons (Fsp3) is 0.0833. The number of hydrogen-bond acceptors (Lipinski definition) is 5. The van der Waals surface area contributed by atoms with Gasteiger partial charge in [-0.05, 0) is 42.6 Å². The highest BCUT2D eigenvalue weighted by atomic mass is 32.2. The molecule has 0 spiro atoms. The fourth-order valence-electron chi connectivity index (χ4n) is 3.39. The Morgan fingerprint density at radius 3 is 2.48 bits per heavy atom. The molecule has 0 fully saturated rings. The SMILES string of the molecule is CC(Sc1nc(-c2ccco2)c(-c2ccco2)[nH]1)C(=O)Nc1cccc2ccccc12. The third-order valence-corrected chi connectivity index (χ3v) is 5.89. The van der Waals surface area contributed by atoms with Crippen molar-refractivity contribution in [2.75, 3.05) is 5.32 Å². The van der Waals surface area contributed by atoms with Gasteiger partial charge in [0.2, 0.25) is 5.91 Å². The van der Waals surface area contributed by atoms with Crippen LogP contribution in [-0.2, 0) is 4.79 Å². The van der Waals surface area contributed by atoms with Crippen LogP contribution in [-0.4, -0.2) is 21.1 Å². The highest BCUT2D eigenvalue weighted by Gasteiger charge is 2.22. The minimum absolute atomic E-state index is 0.100. The average molecular weight is 430 g/mol. The molecule has 0 aliphatic carbocycles. The van der Waals surface area contributed by atoms with Crippen molar-refractivity contribution in [3.63, 3.8) is 0 Å². The van der Waals surface area contributed by atoms with E-state index in [-0.39, 0.29) is 11.2 Å². The number of imidazole rings is 1. The van der Waals surface area contributed by atoms with Crippen LogP contribution in [0.15, 0.2) is 93.2 Å². The van der Waals surface area contributed by atoms with Crippen LogP contribution in [0.4, 0.5) is 5.69 Å². The van der Waals surface area contributed by atoms with Crippen molar-refractivity contribution in [2.45, 2.75) is 17.3 Å². The molecule has 2 aromatic carbocycles. The summed E-state index contributed by atoms with van der Waals surface area (Å²) >= 11 is 1.34. The summed E-state index contributed by atoms with van der Waals surface area (Å²) in [5, 5.41) is 5.37. The third-order valence-electron chi connectivity index (χ3n) is 4.91. The minimum atomic E-state index is -0.376. The van der Waals surface area contributed by atoms with Gasteiger partial charge >= 0.3 is 0 Å². The zero-order valence-electron chi connectivity index (χ0n) is 16.7. The highest BCUT2D eigenvalue weighted by Crippen LogP contribution is 2.34. The predicted octanol–water partition coefficient (Wildman–Crippen LogP) is 6.20. The fourth-order valence-corrected chi connectivity index (χ4v) is 4.19. The molecule has 0 saturated carbocycles. The van der Waals surface area contributed by atoms with Crippen LogP contribution >= 0.6 is 11.8 Å². The van der Waals surface area contributed by atoms with Crippen molar-refractivity contribution in [3.05, 3.63) is 79.3 Å². The monoisotopic (exact) mass is 429 g/mol. The first kappa shape index (κ1) is 19.3. The molecule has 31 heavy (non-hydrogen) atoms. The zero-order chi connectivity index (χ0) is 21.2.